The number of halogens is 1. The van der Waals surface area contributed by atoms with E-state index in [1.165, 1.54) is 5.56 Å². The van der Waals surface area contributed by atoms with E-state index in [4.69, 9.17) is 32.6 Å². The lowest BCUT2D eigenvalue weighted by Gasteiger charge is -2.32. The van der Waals surface area contributed by atoms with Crippen molar-refractivity contribution >= 4 is 34.5 Å². The maximum Gasteiger partial charge on any atom is 0.224 e. The fraction of sp³-hybridized carbons (Fsp3) is 0.176. The summed E-state index contributed by atoms with van der Waals surface area (Å²) in [7, 11) is 0. The molecule has 7 rings (SSSR count). The van der Waals surface area contributed by atoms with Crippen molar-refractivity contribution in [1.82, 2.24) is 34.4 Å². The van der Waals surface area contributed by atoms with Crippen LogP contribution in [0.4, 0.5) is 11.8 Å². The van der Waals surface area contributed by atoms with Gasteiger partial charge in [0.05, 0.1) is 11.3 Å². The Bertz CT molecular complexity index is 2020. The molecule has 0 spiro atoms. The van der Waals surface area contributed by atoms with E-state index in [0.29, 0.717) is 28.3 Å². The number of hydrogen-bond donors (Lipinski definition) is 2. The zero-order chi connectivity index (χ0) is 30.8. The lowest BCUT2D eigenvalue weighted by Crippen LogP contribution is -2.39. The highest BCUT2D eigenvalue weighted by Crippen LogP contribution is 2.32. The van der Waals surface area contributed by atoms with Gasteiger partial charge in [-0.3, -0.25) is 9.47 Å². The number of fused-ring (bicyclic) bond motifs is 1. The van der Waals surface area contributed by atoms with Gasteiger partial charge in [-0.2, -0.15) is 5.26 Å². The van der Waals surface area contributed by atoms with Crippen molar-refractivity contribution in [2.24, 2.45) is 0 Å². The molecule has 1 aliphatic rings. The first kappa shape index (κ1) is 28.4. The van der Waals surface area contributed by atoms with Crippen molar-refractivity contribution in [3.63, 3.8) is 0 Å². The number of nitrogen functional groups attached to an aromatic ring is 1. The second kappa shape index (κ2) is 12.3. The van der Waals surface area contributed by atoms with Gasteiger partial charge < -0.3 is 11.1 Å². The minimum Gasteiger partial charge on any atom is -0.383 e. The third-order valence-electron chi connectivity index (χ3n) is 8.00. The molecule has 11 heteroatoms. The van der Waals surface area contributed by atoms with Crippen LogP contribution in [-0.4, -0.2) is 53.5 Å². The monoisotopic (exact) mass is 612 g/mol. The van der Waals surface area contributed by atoms with Gasteiger partial charge >= 0.3 is 0 Å². The van der Waals surface area contributed by atoms with Gasteiger partial charge in [-0.1, -0.05) is 35.9 Å². The molecule has 1 saturated heterocycles. The average molecular weight is 613 g/mol. The molecular formula is C34H29ClN10. The van der Waals surface area contributed by atoms with E-state index < -0.39 is 0 Å². The van der Waals surface area contributed by atoms with Gasteiger partial charge in [-0.15, -0.1) is 0 Å². The highest BCUT2D eigenvalue weighted by atomic mass is 35.5. The van der Waals surface area contributed by atoms with Crippen molar-refractivity contribution < 1.29 is 0 Å². The van der Waals surface area contributed by atoms with Gasteiger partial charge in [-0.25, -0.2) is 24.9 Å². The molecule has 0 aliphatic carbocycles. The maximum atomic E-state index is 9.11. The summed E-state index contributed by atoms with van der Waals surface area (Å²) in [6.45, 7) is 2.74. The van der Waals surface area contributed by atoms with Crippen molar-refractivity contribution in [1.29, 1.82) is 5.26 Å². The minimum absolute atomic E-state index is 0.273. The molecule has 3 N–H and O–H groups in total. The van der Waals surface area contributed by atoms with Crippen LogP contribution < -0.4 is 11.1 Å². The zero-order valence-corrected chi connectivity index (χ0v) is 25.1. The molecule has 4 aromatic heterocycles. The molecule has 222 valence electrons. The molecule has 0 amide bonds. The predicted octanol–water partition coefficient (Wildman–Crippen LogP) is 6.12. The summed E-state index contributed by atoms with van der Waals surface area (Å²) in [5, 5.41) is 13.1. The average Bonchev–Trinajstić information content (AvgIpc) is 3.45. The van der Waals surface area contributed by atoms with Crippen LogP contribution in [0.15, 0.2) is 91.3 Å². The van der Waals surface area contributed by atoms with Crippen LogP contribution in [0.2, 0.25) is 5.02 Å². The number of aromatic nitrogens is 6. The van der Waals surface area contributed by atoms with E-state index in [1.807, 2.05) is 53.1 Å². The quantitative estimate of drug-likeness (QED) is 0.218. The molecule has 0 unspecified atom stereocenters. The van der Waals surface area contributed by atoms with Crippen molar-refractivity contribution in [3.8, 4) is 34.4 Å². The molecule has 0 atom stereocenters. The Morgan fingerprint density at radius 1 is 0.911 bits per heavy atom. The summed E-state index contributed by atoms with van der Waals surface area (Å²) < 4.78 is 2.04. The maximum absolute atomic E-state index is 9.11. The molecule has 6 aromatic rings. The Morgan fingerprint density at radius 2 is 1.76 bits per heavy atom. The number of imidazole rings is 1. The fourth-order valence-electron chi connectivity index (χ4n) is 5.71. The summed E-state index contributed by atoms with van der Waals surface area (Å²) in [6, 6.07) is 27.9. The summed E-state index contributed by atoms with van der Waals surface area (Å²) in [5.74, 6) is 1.60. The molecule has 1 aliphatic heterocycles. The first-order valence-electron chi connectivity index (χ1n) is 14.7. The van der Waals surface area contributed by atoms with Crippen LogP contribution in [0.25, 0.3) is 39.5 Å². The standard InChI is InChI=1S/C34H29ClN10/c35-24-4-1-3-23(19-24)29-10-11-30-33(42-29)45(32(43-30)28-5-2-15-38-31(28)37)27-8-6-22(7-9-27)21-44-17-13-25(14-18-44)40-34-39-16-12-26(20-36)41-34/h1-12,15-16,19,25H,13-14,17-18,21H2,(H2,37,38)(H,39,40,41). The molecular weight excluding hydrogens is 584 g/mol. The van der Waals surface area contributed by atoms with E-state index in [-0.39, 0.29) is 6.04 Å². The number of rotatable bonds is 7. The Balaban J connectivity index is 1.13. The third kappa shape index (κ3) is 6.04. The number of likely N-dealkylation sites (tertiary alicyclic amines) is 1. The number of hydrogen-bond acceptors (Lipinski definition) is 9. The number of anilines is 2. The summed E-state index contributed by atoms with van der Waals surface area (Å²) in [6.07, 6.45) is 5.22. The minimum atomic E-state index is 0.273. The highest BCUT2D eigenvalue weighted by molar-refractivity contribution is 6.30. The van der Waals surface area contributed by atoms with Crippen LogP contribution in [-0.2, 0) is 6.54 Å². The number of nitrogens with two attached hydrogens (primary N) is 1. The smallest absolute Gasteiger partial charge is 0.224 e. The van der Waals surface area contributed by atoms with E-state index in [2.05, 4.69) is 55.5 Å². The number of pyridine rings is 2. The highest BCUT2D eigenvalue weighted by Gasteiger charge is 2.21. The second-order valence-electron chi connectivity index (χ2n) is 11.0. The molecule has 2 aromatic carbocycles. The molecule has 10 nitrogen and oxygen atoms in total. The van der Waals surface area contributed by atoms with Crippen LogP contribution >= 0.6 is 11.6 Å². The normalized spacial score (nSPS) is 14.0. The SMILES string of the molecule is N#Cc1ccnc(NC2CCN(Cc3ccc(-n4c(-c5cccnc5N)nc5ccc(-c6cccc(Cl)c6)nc54)cc3)CC2)n1. The Labute approximate surface area is 265 Å². The molecule has 0 radical (unpaired) electrons. The third-order valence-corrected chi connectivity index (χ3v) is 8.23. The van der Waals surface area contributed by atoms with Crippen LogP contribution in [0.1, 0.15) is 24.1 Å². The molecule has 0 bridgehead atoms. The fourth-order valence-corrected chi connectivity index (χ4v) is 5.91. The van der Waals surface area contributed by atoms with Crippen molar-refractivity contribution in [2.75, 3.05) is 24.1 Å². The lowest BCUT2D eigenvalue weighted by molar-refractivity contribution is 0.211. The van der Waals surface area contributed by atoms with E-state index in [1.54, 1.807) is 18.5 Å². The number of piperidine rings is 1. The Kier molecular flexibility index (Phi) is 7.78. The van der Waals surface area contributed by atoms with Gasteiger partial charge in [0.1, 0.15) is 23.1 Å². The van der Waals surface area contributed by atoms with Gasteiger partial charge in [0.2, 0.25) is 5.95 Å². The molecule has 0 saturated carbocycles. The number of nitrogens with one attached hydrogen (secondary N) is 1. The summed E-state index contributed by atoms with van der Waals surface area (Å²) in [4.78, 5) is 25.3. The zero-order valence-electron chi connectivity index (χ0n) is 24.3. The molecule has 1 fully saturated rings. The van der Waals surface area contributed by atoms with Crippen LogP contribution in [0.5, 0.6) is 0 Å². The largest absolute Gasteiger partial charge is 0.383 e. The van der Waals surface area contributed by atoms with E-state index in [0.717, 1.165) is 66.1 Å². The predicted molar refractivity (Wildman–Crippen MR) is 176 cm³/mol. The molecule has 45 heavy (non-hydrogen) atoms. The topological polar surface area (TPSA) is 134 Å². The van der Waals surface area contributed by atoms with Crippen molar-refractivity contribution in [2.45, 2.75) is 25.4 Å². The number of nitrogens with zero attached hydrogens (tertiary/aromatic N) is 8. The van der Waals surface area contributed by atoms with E-state index in [9.17, 15) is 0 Å². The van der Waals surface area contributed by atoms with Gasteiger partial charge in [0.25, 0.3) is 0 Å². The Morgan fingerprint density at radius 3 is 2.53 bits per heavy atom. The van der Waals surface area contributed by atoms with Gasteiger partial charge in [0.15, 0.2) is 11.5 Å². The van der Waals surface area contributed by atoms with Crippen molar-refractivity contribution in [3.05, 3.63) is 108 Å². The van der Waals surface area contributed by atoms with Gasteiger partial charge in [0, 0.05) is 54.3 Å². The number of nitriles is 1. The van der Waals surface area contributed by atoms with Crippen LogP contribution in [0, 0.1) is 11.3 Å². The van der Waals surface area contributed by atoms with Gasteiger partial charge in [-0.05, 0) is 73.0 Å². The number of benzene rings is 2. The first-order valence-corrected chi connectivity index (χ1v) is 15.1. The lowest BCUT2D eigenvalue weighted by atomic mass is 10.0. The second-order valence-corrected chi connectivity index (χ2v) is 11.4. The van der Waals surface area contributed by atoms with Crippen LogP contribution in [0.3, 0.4) is 0 Å². The first-order chi connectivity index (χ1) is 22.0. The molecule has 5 heterocycles. The summed E-state index contributed by atoms with van der Waals surface area (Å²) >= 11 is 6.29. The summed E-state index contributed by atoms with van der Waals surface area (Å²) in [5.41, 5.74) is 12.8. The Hall–Kier alpha value is -5.37. The van der Waals surface area contributed by atoms with E-state index >= 15 is 0 Å².